The number of hydrogen-bond donors (Lipinski definition) is 4. The van der Waals surface area contributed by atoms with Crippen molar-refractivity contribution in [2.45, 2.75) is 78.0 Å². The number of likely N-dealkylation sites (N-methyl/N-ethyl adjacent to an activating group) is 1. The van der Waals surface area contributed by atoms with Crippen LogP contribution >= 0.6 is 0 Å². The molecular formula is C24H38N4O6. The maximum absolute atomic E-state index is 13.5. The van der Waals surface area contributed by atoms with Gasteiger partial charge in [-0.15, -0.1) is 0 Å². The Hall–Kier alpha value is -3.30. The molecule has 10 heteroatoms. The number of primary amides is 1. The molecule has 0 radical (unpaired) electrons. The maximum Gasteiger partial charge on any atom is 0.408 e. The zero-order valence-corrected chi connectivity index (χ0v) is 20.7. The van der Waals surface area contributed by atoms with Crippen molar-refractivity contribution in [1.29, 1.82) is 0 Å². The molecule has 1 aromatic rings. The van der Waals surface area contributed by atoms with Crippen LogP contribution in [0.25, 0.3) is 0 Å². The van der Waals surface area contributed by atoms with E-state index in [4.69, 9.17) is 10.5 Å². The Bertz CT molecular complexity index is 852. The van der Waals surface area contributed by atoms with Crippen molar-refractivity contribution < 1.29 is 29.0 Å². The molecular weight excluding hydrogens is 440 g/mol. The van der Waals surface area contributed by atoms with Gasteiger partial charge in [0.25, 0.3) is 0 Å². The highest BCUT2D eigenvalue weighted by Gasteiger charge is 2.37. The molecule has 0 aliphatic carbocycles. The molecule has 10 nitrogen and oxygen atoms in total. The third-order valence-electron chi connectivity index (χ3n) is 4.89. The lowest BCUT2D eigenvalue weighted by molar-refractivity contribution is -0.143. The van der Waals surface area contributed by atoms with Gasteiger partial charge in [-0.05, 0) is 40.2 Å². The van der Waals surface area contributed by atoms with E-state index >= 15 is 0 Å². The monoisotopic (exact) mass is 478 g/mol. The summed E-state index contributed by atoms with van der Waals surface area (Å²) in [5, 5.41) is 15.6. The van der Waals surface area contributed by atoms with Crippen molar-refractivity contribution in [1.82, 2.24) is 15.5 Å². The second-order valence-electron chi connectivity index (χ2n) is 8.95. The molecule has 0 aliphatic heterocycles. The van der Waals surface area contributed by atoms with Crippen molar-refractivity contribution in [3.8, 4) is 5.75 Å². The number of ether oxygens (including phenoxy) is 1. The number of carbonyl (C=O) groups is 4. The van der Waals surface area contributed by atoms with Crippen molar-refractivity contribution in [3.05, 3.63) is 29.8 Å². The number of phenolic OH excluding ortho intramolecular Hbond substituents is 1. The summed E-state index contributed by atoms with van der Waals surface area (Å²) in [5.41, 5.74) is 4.72. The predicted molar refractivity (Wildman–Crippen MR) is 128 cm³/mol. The zero-order valence-electron chi connectivity index (χ0n) is 20.7. The highest BCUT2D eigenvalue weighted by Crippen LogP contribution is 2.29. The first-order valence-electron chi connectivity index (χ1n) is 11.5. The van der Waals surface area contributed by atoms with E-state index in [0.29, 0.717) is 6.54 Å². The minimum absolute atomic E-state index is 0.0610. The number of carbonyl (C=O) groups excluding carboxylic acids is 4. The Morgan fingerprint density at radius 2 is 1.76 bits per heavy atom. The molecule has 2 unspecified atom stereocenters. The Labute approximate surface area is 201 Å². The summed E-state index contributed by atoms with van der Waals surface area (Å²) >= 11 is 0. The van der Waals surface area contributed by atoms with Gasteiger partial charge >= 0.3 is 6.09 Å². The lowest BCUT2D eigenvalue weighted by atomic mass is 10.0. The van der Waals surface area contributed by atoms with E-state index in [9.17, 15) is 24.3 Å². The van der Waals surface area contributed by atoms with Crippen molar-refractivity contribution in [2.75, 3.05) is 13.1 Å². The summed E-state index contributed by atoms with van der Waals surface area (Å²) in [4.78, 5) is 51.9. The average Bonchev–Trinajstić information content (AvgIpc) is 2.73. The molecule has 0 bridgehead atoms. The number of unbranched alkanes of at least 4 members (excludes halogenated alkanes) is 2. The van der Waals surface area contributed by atoms with E-state index in [1.165, 1.54) is 11.0 Å². The number of benzene rings is 1. The van der Waals surface area contributed by atoms with Crippen molar-refractivity contribution in [3.63, 3.8) is 0 Å². The average molecular weight is 479 g/mol. The smallest absolute Gasteiger partial charge is 0.408 e. The first-order chi connectivity index (χ1) is 15.9. The fourth-order valence-corrected chi connectivity index (χ4v) is 3.37. The van der Waals surface area contributed by atoms with Gasteiger partial charge < -0.3 is 31.1 Å². The van der Waals surface area contributed by atoms with Gasteiger partial charge in [-0.25, -0.2) is 4.79 Å². The van der Waals surface area contributed by atoms with Crippen molar-refractivity contribution >= 4 is 23.8 Å². The molecule has 0 aliphatic rings. The number of rotatable bonds is 12. The second-order valence-corrected chi connectivity index (χ2v) is 8.95. The van der Waals surface area contributed by atoms with Crippen LogP contribution in [0.2, 0.25) is 0 Å². The van der Waals surface area contributed by atoms with E-state index in [1.807, 2.05) is 6.92 Å². The van der Waals surface area contributed by atoms with Crippen LogP contribution in [-0.4, -0.2) is 58.6 Å². The molecule has 0 heterocycles. The summed E-state index contributed by atoms with van der Waals surface area (Å²) in [5.74, 6) is -2.16. The van der Waals surface area contributed by atoms with E-state index in [2.05, 4.69) is 10.6 Å². The van der Waals surface area contributed by atoms with Crippen LogP contribution in [0, 0.1) is 0 Å². The lowest BCUT2D eigenvalue weighted by Gasteiger charge is -2.33. The molecule has 1 aromatic carbocycles. The fraction of sp³-hybridized carbons (Fsp3) is 0.583. The van der Waals surface area contributed by atoms with E-state index in [0.717, 1.165) is 19.3 Å². The number of aromatic hydroxyl groups is 1. The number of nitrogens with one attached hydrogen (secondary N) is 2. The Morgan fingerprint density at radius 1 is 1.12 bits per heavy atom. The van der Waals surface area contributed by atoms with Gasteiger partial charge in [0.15, 0.2) is 0 Å². The van der Waals surface area contributed by atoms with Crippen LogP contribution in [0.3, 0.4) is 0 Å². The molecule has 0 aromatic heterocycles. The number of alkyl carbamates (subject to hydrolysis) is 1. The SMILES string of the molecule is CCCCCNC(=O)C(c1ccccc1O)N(CC)C(=O)C(CC(N)=O)NC(=O)OC(C)(C)C. The number of nitrogens with zero attached hydrogens (tertiary/aromatic N) is 1. The Kier molecular flexibility index (Phi) is 11.3. The minimum Gasteiger partial charge on any atom is -0.508 e. The van der Waals surface area contributed by atoms with Crippen LogP contribution < -0.4 is 16.4 Å². The highest BCUT2D eigenvalue weighted by atomic mass is 16.6. The molecule has 0 spiro atoms. The standard InChI is InChI=1S/C24H38N4O6/c1-6-8-11-14-26-21(31)20(16-12-9-10-13-18(16)29)28(7-2)22(32)17(15-19(25)30)27-23(33)34-24(3,4)5/h9-10,12-13,17,20,29H,6-8,11,14-15H2,1-5H3,(H2,25,30)(H,26,31)(H,27,33). The lowest BCUT2D eigenvalue weighted by Crippen LogP contribution is -2.54. The van der Waals surface area contributed by atoms with Gasteiger partial charge in [0, 0.05) is 18.7 Å². The van der Waals surface area contributed by atoms with Gasteiger partial charge in [-0.1, -0.05) is 38.0 Å². The molecule has 5 N–H and O–H groups in total. The molecule has 1 rings (SSSR count). The number of para-hydroxylation sites is 1. The number of amides is 4. The quantitative estimate of drug-likeness (QED) is 0.339. The number of nitrogens with two attached hydrogens (primary N) is 1. The normalized spacial score (nSPS) is 12.9. The van der Waals surface area contributed by atoms with Gasteiger partial charge in [0.1, 0.15) is 23.4 Å². The van der Waals surface area contributed by atoms with Crippen molar-refractivity contribution in [2.24, 2.45) is 5.73 Å². The highest BCUT2D eigenvalue weighted by molar-refractivity contribution is 5.94. The second kappa shape index (κ2) is 13.4. The molecule has 0 saturated carbocycles. The minimum atomic E-state index is -1.35. The molecule has 4 amide bonds. The largest absolute Gasteiger partial charge is 0.508 e. The molecule has 190 valence electrons. The number of hydrogen-bond acceptors (Lipinski definition) is 6. The molecule has 0 saturated heterocycles. The topological polar surface area (TPSA) is 151 Å². The van der Waals surface area contributed by atoms with Crippen LogP contribution in [0.5, 0.6) is 5.75 Å². The Morgan fingerprint density at radius 3 is 2.29 bits per heavy atom. The summed E-state index contributed by atoms with van der Waals surface area (Å²) < 4.78 is 5.21. The third kappa shape index (κ3) is 9.29. The fourth-order valence-electron chi connectivity index (χ4n) is 3.37. The summed E-state index contributed by atoms with van der Waals surface area (Å²) in [6.45, 7) is 9.15. The summed E-state index contributed by atoms with van der Waals surface area (Å²) in [6.07, 6.45) is 1.29. The van der Waals surface area contributed by atoms with Crippen LogP contribution in [0.4, 0.5) is 4.79 Å². The number of phenols is 1. The molecule has 0 fully saturated rings. The third-order valence-corrected chi connectivity index (χ3v) is 4.89. The first kappa shape index (κ1) is 28.7. The van der Waals surface area contributed by atoms with E-state index < -0.39 is 47.9 Å². The van der Waals surface area contributed by atoms with Crippen LogP contribution in [-0.2, 0) is 19.1 Å². The zero-order chi connectivity index (χ0) is 25.9. The predicted octanol–water partition coefficient (Wildman–Crippen LogP) is 2.36. The summed E-state index contributed by atoms with van der Waals surface area (Å²) in [7, 11) is 0. The summed E-state index contributed by atoms with van der Waals surface area (Å²) in [6, 6.07) is 3.68. The first-order valence-corrected chi connectivity index (χ1v) is 11.5. The van der Waals surface area contributed by atoms with Crippen LogP contribution in [0.15, 0.2) is 24.3 Å². The van der Waals surface area contributed by atoms with Gasteiger partial charge in [-0.2, -0.15) is 0 Å². The van der Waals surface area contributed by atoms with Crippen LogP contribution in [0.1, 0.15) is 71.9 Å². The van der Waals surface area contributed by atoms with Gasteiger partial charge in [0.2, 0.25) is 17.7 Å². The molecule has 34 heavy (non-hydrogen) atoms. The van der Waals surface area contributed by atoms with E-state index in [1.54, 1.807) is 45.9 Å². The Balaban J connectivity index is 3.30. The van der Waals surface area contributed by atoms with Gasteiger partial charge in [-0.3, -0.25) is 14.4 Å². The van der Waals surface area contributed by atoms with Gasteiger partial charge in [0.05, 0.1) is 6.42 Å². The molecule has 2 atom stereocenters. The maximum atomic E-state index is 13.5. The van der Waals surface area contributed by atoms with E-state index in [-0.39, 0.29) is 17.9 Å².